The van der Waals surface area contributed by atoms with Crippen LogP contribution in [0.5, 0.6) is 0 Å². The third-order valence-corrected chi connectivity index (χ3v) is 2.90. The number of nitrogens with zero attached hydrogens (tertiary/aromatic N) is 1. The number of amides is 1. The fourth-order valence-corrected chi connectivity index (χ4v) is 2.16. The Balaban J connectivity index is 2.30. The van der Waals surface area contributed by atoms with Gasteiger partial charge in [-0.1, -0.05) is 25.1 Å². The van der Waals surface area contributed by atoms with Gasteiger partial charge in [0.2, 0.25) is 0 Å². The number of hydrogen-bond donors (Lipinski definition) is 0. The van der Waals surface area contributed by atoms with Crippen molar-refractivity contribution >= 4 is 5.91 Å². The smallest absolute Gasteiger partial charge is 0.254 e. The summed E-state index contributed by atoms with van der Waals surface area (Å²) in [5.74, 6) is 0.213. The Kier molecular flexibility index (Phi) is 3.05. The molecule has 80 valence electrons. The zero-order valence-electron chi connectivity index (χ0n) is 9.20. The second-order valence-electron chi connectivity index (χ2n) is 4.05. The summed E-state index contributed by atoms with van der Waals surface area (Å²) in [5, 5.41) is 0. The zero-order valence-corrected chi connectivity index (χ0v) is 9.20. The van der Waals surface area contributed by atoms with Gasteiger partial charge in [-0.15, -0.1) is 0 Å². The molecule has 1 heterocycles. The minimum Gasteiger partial charge on any atom is -0.339 e. The van der Waals surface area contributed by atoms with Crippen LogP contribution in [0.3, 0.4) is 0 Å². The second kappa shape index (κ2) is 4.47. The first-order chi connectivity index (χ1) is 7.33. The van der Waals surface area contributed by atoms with Crippen LogP contribution in [-0.2, 0) is 6.42 Å². The average molecular weight is 203 g/mol. The minimum absolute atomic E-state index is 0.213. The summed E-state index contributed by atoms with van der Waals surface area (Å²) in [7, 11) is 0. The molecule has 0 aliphatic carbocycles. The summed E-state index contributed by atoms with van der Waals surface area (Å²) < 4.78 is 0. The third kappa shape index (κ3) is 2.04. The zero-order chi connectivity index (χ0) is 10.7. The molecule has 0 saturated heterocycles. The molecule has 1 aromatic rings. The molecular weight excluding hydrogens is 186 g/mol. The van der Waals surface area contributed by atoms with Crippen LogP contribution in [0, 0.1) is 0 Å². The monoisotopic (exact) mass is 203 g/mol. The van der Waals surface area contributed by atoms with E-state index in [-0.39, 0.29) is 5.91 Å². The third-order valence-electron chi connectivity index (χ3n) is 2.90. The lowest BCUT2D eigenvalue weighted by molar-refractivity contribution is 0.0761. The molecule has 2 rings (SSSR count). The number of aryl methyl sites for hydroxylation is 1. The van der Waals surface area contributed by atoms with E-state index in [0.29, 0.717) is 0 Å². The molecule has 0 unspecified atom stereocenters. The van der Waals surface area contributed by atoms with Crippen molar-refractivity contribution in [2.24, 2.45) is 0 Å². The molecular formula is C13H17NO. The first-order valence-corrected chi connectivity index (χ1v) is 5.70. The molecule has 0 radical (unpaired) electrons. The molecule has 1 aliphatic heterocycles. The van der Waals surface area contributed by atoms with Crippen molar-refractivity contribution < 1.29 is 4.79 Å². The summed E-state index contributed by atoms with van der Waals surface area (Å²) in [5.41, 5.74) is 2.12. The topological polar surface area (TPSA) is 20.3 Å². The predicted octanol–water partition coefficient (Wildman–Crippen LogP) is 2.49. The van der Waals surface area contributed by atoms with Crippen LogP contribution >= 0.6 is 0 Å². The van der Waals surface area contributed by atoms with Gasteiger partial charge in [-0.05, 0) is 30.9 Å². The Labute approximate surface area is 90.9 Å². The van der Waals surface area contributed by atoms with E-state index in [1.165, 1.54) is 5.56 Å². The number of fused-ring (bicyclic) bond motifs is 1. The fraction of sp³-hybridized carbons (Fsp3) is 0.462. The number of hydrogen-bond acceptors (Lipinski definition) is 1. The van der Waals surface area contributed by atoms with Crippen molar-refractivity contribution in [2.45, 2.75) is 26.2 Å². The summed E-state index contributed by atoms with van der Waals surface area (Å²) in [6.45, 7) is 3.90. The standard InChI is InChI=1S/C13H17NO/c1-2-9-14-10-5-7-11-6-3-4-8-12(11)13(14)15/h3-4,6,8H,2,5,7,9-10H2,1H3. The molecule has 0 spiro atoms. The van der Waals surface area contributed by atoms with E-state index >= 15 is 0 Å². The Hall–Kier alpha value is -1.31. The number of carbonyl (C=O) groups excluding carboxylic acids is 1. The Bertz CT molecular complexity index is 359. The van der Waals surface area contributed by atoms with E-state index in [0.717, 1.165) is 37.9 Å². The van der Waals surface area contributed by atoms with E-state index in [4.69, 9.17) is 0 Å². The van der Waals surface area contributed by atoms with Crippen LogP contribution in [0.25, 0.3) is 0 Å². The molecule has 0 aromatic heterocycles. The highest BCUT2D eigenvalue weighted by atomic mass is 16.2. The largest absolute Gasteiger partial charge is 0.339 e. The molecule has 15 heavy (non-hydrogen) atoms. The van der Waals surface area contributed by atoms with Crippen molar-refractivity contribution in [1.82, 2.24) is 4.90 Å². The first kappa shape index (κ1) is 10.2. The Morgan fingerprint density at radius 3 is 2.93 bits per heavy atom. The summed E-state index contributed by atoms with van der Waals surface area (Å²) in [6.07, 6.45) is 3.15. The van der Waals surface area contributed by atoms with Gasteiger partial charge in [0.25, 0.3) is 5.91 Å². The second-order valence-corrected chi connectivity index (χ2v) is 4.05. The van der Waals surface area contributed by atoms with E-state index < -0.39 is 0 Å². The van der Waals surface area contributed by atoms with Gasteiger partial charge >= 0.3 is 0 Å². The van der Waals surface area contributed by atoms with E-state index in [9.17, 15) is 4.79 Å². The van der Waals surface area contributed by atoms with Gasteiger partial charge in [0.05, 0.1) is 0 Å². The molecule has 1 amide bonds. The fourth-order valence-electron chi connectivity index (χ4n) is 2.16. The quantitative estimate of drug-likeness (QED) is 0.723. The first-order valence-electron chi connectivity index (χ1n) is 5.70. The highest BCUT2D eigenvalue weighted by Crippen LogP contribution is 2.18. The van der Waals surface area contributed by atoms with Crippen molar-refractivity contribution in [3.05, 3.63) is 35.4 Å². The maximum absolute atomic E-state index is 12.2. The predicted molar refractivity (Wildman–Crippen MR) is 61.0 cm³/mol. The normalized spacial score (nSPS) is 16.1. The van der Waals surface area contributed by atoms with Crippen molar-refractivity contribution in [2.75, 3.05) is 13.1 Å². The molecule has 0 N–H and O–H groups in total. The van der Waals surface area contributed by atoms with E-state index in [2.05, 4.69) is 13.0 Å². The average Bonchev–Trinajstić information content (AvgIpc) is 2.41. The number of rotatable bonds is 2. The molecule has 1 aromatic carbocycles. The SMILES string of the molecule is CCCN1CCCc2ccccc2C1=O. The Morgan fingerprint density at radius 2 is 2.13 bits per heavy atom. The van der Waals surface area contributed by atoms with Crippen LogP contribution in [0.2, 0.25) is 0 Å². The van der Waals surface area contributed by atoms with Crippen LogP contribution in [0.4, 0.5) is 0 Å². The maximum atomic E-state index is 12.2. The minimum atomic E-state index is 0.213. The highest BCUT2D eigenvalue weighted by Gasteiger charge is 2.20. The van der Waals surface area contributed by atoms with Gasteiger partial charge in [-0.25, -0.2) is 0 Å². The van der Waals surface area contributed by atoms with Crippen molar-refractivity contribution in [1.29, 1.82) is 0 Å². The summed E-state index contributed by atoms with van der Waals surface area (Å²) in [4.78, 5) is 14.1. The van der Waals surface area contributed by atoms with Crippen molar-refractivity contribution in [3.63, 3.8) is 0 Å². The molecule has 1 aliphatic rings. The van der Waals surface area contributed by atoms with Gasteiger partial charge in [-0.3, -0.25) is 4.79 Å². The van der Waals surface area contributed by atoms with Crippen LogP contribution in [0.1, 0.15) is 35.7 Å². The van der Waals surface area contributed by atoms with Crippen LogP contribution < -0.4 is 0 Å². The molecule has 0 bridgehead atoms. The van der Waals surface area contributed by atoms with E-state index in [1.807, 2.05) is 23.1 Å². The molecule has 0 atom stereocenters. The maximum Gasteiger partial charge on any atom is 0.254 e. The Morgan fingerprint density at radius 1 is 1.33 bits per heavy atom. The highest BCUT2D eigenvalue weighted by molar-refractivity contribution is 5.96. The lowest BCUT2D eigenvalue weighted by Gasteiger charge is -2.19. The molecule has 0 saturated carbocycles. The van der Waals surface area contributed by atoms with E-state index in [1.54, 1.807) is 0 Å². The lowest BCUT2D eigenvalue weighted by Crippen LogP contribution is -2.31. The van der Waals surface area contributed by atoms with Crippen LogP contribution in [0.15, 0.2) is 24.3 Å². The van der Waals surface area contributed by atoms with Gasteiger partial charge < -0.3 is 4.90 Å². The lowest BCUT2D eigenvalue weighted by atomic mass is 10.0. The van der Waals surface area contributed by atoms with Gasteiger partial charge in [0.15, 0.2) is 0 Å². The number of benzene rings is 1. The number of carbonyl (C=O) groups is 1. The molecule has 0 fully saturated rings. The van der Waals surface area contributed by atoms with Gasteiger partial charge in [0, 0.05) is 18.7 Å². The van der Waals surface area contributed by atoms with Gasteiger partial charge in [0.1, 0.15) is 0 Å². The summed E-state index contributed by atoms with van der Waals surface area (Å²) >= 11 is 0. The van der Waals surface area contributed by atoms with Gasteiger partial charge in [-0.2, -0.15) is 0 Å². The van der Waals surface area contributed by atoms with Crippen LogP contribution in [-0.4, -0.2) is 23.9 Å². The van der Waals surface area contributed by atoms with Crippen molar-refractivity contribution in [3.8, 4) is 0 Å². The molecule has 2 heteroatoms. The summed E-state index contributed by atoms with van der Waals surface area (Å²) in [6, 6.07) is 7.99. The molecule has 2 nitrogen and oxygen atoms in total.